The summed E-state index contributed by atoms with van der Waals surface area (Å²) >= 11 is 0. The number of methoxy groups -OCH3 is 1. The molecular formula is C21H24O4. The Morgan fingerprint density at radius 1 is 1.08 bits per heavy atom. The largest absolute Gasteiger partial charge is 0.467 e. The van der Waals surface area contributed by atoms with Gasteiger partial charge in [-0.2, -0.15) is 0 Å². The molecule has 0 unspecified atom stereocenters. The fraction of sp³-hybridized carbons (Fsp3) is 0.381. The molecule has 1 aliphatic rings. The SMILES string of the molecule is COCOc1cccc2c1C[C@H](CCCCc1ccccc1)OC2=O. The second-order valence-corrected chi connectivity index (χ2v) is 6.30. The van der Waals surface area contributed by atoms with Gasteiger partial charge in [0.1, 0.15) is 11.9 Å². The molecule has 0 aromatic heterocycles. The minimum Gasteiger partial charge on any atom is -0.467 e. The molecule has 132 valence electrons. The molecule has 0 N–H and O–H groups in total. The van der Waals surface area contributed by atoms with E-state index in [-0.39, 0.29) is 18.9 Å². The number of aryl methyl sites for hydroxylation is 1. The van der Waals surface area contributed by atoms with Gasteiger partial charge in [-0.3, -0.25) is 0 Å². The van der Waals surface area contributed by atoms with Crippen molar-refractivity contribution in [2.45, 2.75) is 38.2 Å². The number of ether oxygens (including phenoxy) is 3. The first kappa shape index (κ1) is 17.5. The van der Waals surface area contributed by atoms with Crippen LogP contribution in [0.1, 0.15) is 40.7 Å². The van der Waals surface area contributed by atoms with Crippen LogP contribution in [0.4, 0.5) is 0 Å². The molecule has 0 radical (unpaired) electrons. The average molecular weight is 340 g/mol. The van der Waals surface area contributed by atoms with E-state index < -0.39 is 0 Å². The number of hydrogen-bond donors (Lipinski definition) is 0. The van der Waals surface area contributed by atoms with Crippen LogP contribution in [0.3, 0.4) is 0 Å². The maximum Gasteiger partial charge on any atom is 0.338 e. The van der Waals surface area contributed by atoms with Crippen LogP contribution in [0.25, 0.3) is 0 Å². The molecule has 25 heavy (non-hydrogen) atoms. The third kappa shape index (κ3) is 4.60. The van der Waals surface area contributed by atoms with Crippen molar-refractivity contribution >= 4 is 5.97 Å². The molecule has 0 aliphatic carbocycles. The van der Waals surface area contributed by atoms with E-state index >= 15 is 0 Å². The molecule has 4 nitrogen and oxygen atoms in total. The summed E-state index contributed by atoms with van der Waals surface area (Å²) in [6.07, 6.45) is 4.67. The fourth-order valence-corrected chi connectivity index (χ4v) is 3.22. The lowest BCUT2D eigenvalue weighted by atomic mass is 9.94. The number of hydrogen-bond acceptors (Lipinski definition) is 4. The van der Waals surface area contributed by atoms with Crippen LogP contribution < -0.4 is 4.74 Å². The summed E-state index contributed by atoms with van der Waals surface area (Å²) in [7, 11) is 1.58. The first-order valence-electron chi connectivity index (χ1n) is 8.76. The normalized spacial score (nSPS) is 16.2. The first-order chi connectivity index (χ1) is 12.3. The zero-order valence-corrected chi connectivity index (χ0v) is 14.6. The van der Waals surface area contributed by atoms with Gasteiger partial charge in [0.25, 0.3) is 0 Å². The molecule has 0 fully saturated rings. The Hall–Kier alpha value is -2.33. The molecule has 0 saturated carbocycles. The Labute approximate surface area is 148 Å². The summed E-state index contributed by atoms with van der Waals surface area (Å²) < 4.78 is 16.2. The highest BCUT2D eigenvalue weighted by Gasteiger charge is 2.28. The van der Waals surface area contributed by atoms with Crippen LogP contribution in [0.5, 0.6) is 5.75 Å². The van der Waals surface area contributed by atoms with Gasteiger partial charge in [-0.25, -0.2) is 4.79 Å². The minimum atomic E-state index is -0.253. The Bertz CT molecular complexity index is 696. The van der Waals surface area contributed by atoms with Gasteiger partial charge in [0.15, 0.2) is 6.79 Å². The third-order valence-corrected chi connectivity index (χ3v) is 4.48. The van der Waals surface area contributed by atoms with Gasteiger partial charge in [0.2, 0.25) is 0 Å². The number of fused-ring (bicyclic) bond motifs is 1. The third-order valence-electron chi connectivity index (χ3n) is 4.48. The predicted molar refractivity (Wildman–Crippen MR) is 95.9 cm³/mol. The molecule has 0 saturated heterocycles. The quantitative estimate of drug-likeness (QED) is 0.411. The molecule has 0 spiro atoms. The van der Waals surface area contributed by atoms with Crippen molar-refractivity contribution in [2.75, 3.05) is 13.9 Å². The van der Waals surface area contributed by atoms with Crippen molar-refractivity contribution in [2.24, 2.45) is 0 Å². The number of cyclic esters (lactones) is 1. The number of rotatable bonds is 8. The van der Waals surface area contributed by atoms with E-state index in [9.17, 15) is 4.79 Å². The van der Waals surface area contributed by atoms with E-state index in [0.717, 1.165) is 31.2 Å². The molecular weight excluding hydrogens is 316 g/mol. The second-order valence-electron chi connectivity index (χ2n) is 6.30. The first-order valence-corrected chi connectivity index (χ1v) is 8.76. The lowest BCUT2D eigenvalue weighted by Crippen LogP contribution is -2.28. The van der Waals surface area contributed by atoms with Gasteiger partial charge in [0.05, 0.1) is 5.56 Å². The topological polar surface area (TPSA) is 44.8 Å². The fourth-order valence-electron chi connectivity index (χ4n) is 3.22. The van der Waals surface area contributed by atoms with E-state index in [0.29, 0.717) is 17.7 Å². The van der Waals surface area contributed by atoms with Crippen LogP contribution in [0, 0.1) is 0 Å². The molecule has 0 bridgehead atoms. The highest BCUT2D eigenvalue weighted by atomic mass is 16.7. The number of esters is 1. The summed E-state index contributed by atoms with van der Waals surface area (Å²) in [5.74, 6) is 0.461. The molecule has 1 heterocycles. The Kier molecular flexibility index (Phi) is 6.07. The lowest BCUT2D eigenvalue weighted by Gasteiger charge is -2.26. The summed E-state index contributed by atoms with van der Waals surface area (Å²) in [6, 6.07) is 15.9. The van der Waals surface area contributed by atoms with Crippen molar-refractivity contribution in [3.05, 3.63) is 65.2 Å². The van der Waals surface area contributed by atoms with Gasteiger partial charge in [-0.1, -0.05) is 36.4 Å². The molecule has 1 aliphatic heterocycles. The van der Waals surface area contributed by atoms with E-state index in [4.69, 9.17) is 14.2 Å². The number of carbonyl (C=O) groups is 1. The Balaban J connectivity index is 1.56. The van der Waals surface area contributed by atoms with Crippen molar-refractivity contribution in [3.63, 3.8) is 0 Å². The highest BCUT2D eigenvalue weighted by Crippen LogP contribution is 2.31. The van der Waals surface area contributed by atoms with Crippen LogP contribution >= 0.6 is 0 Å². The summed E-state index contributed by atoms with van der Waals surface area (Å²) in [4.78, 5) is 12.3. The molecule has 2 aromatic rings. The second kappa shape index (κ2) is 8.67. The maximum atomic E-state index is 12.3. The number of unbranched alkanes of at least 4 members (excludes halogenated alkanes) is 1. The van der Waals surface area contributed by atoms with Crippen LogP contribution in [-0.2, 0) is 22.3 Å². The molecule has 0 amide bonds. The number of carbonyl (C=O) groups excluding carboxylic acids is 1. The van der Waals surface area contributed by atoms with Gasteiger partial charge in [-0.05, 0) is 43.4 Å². The van der Waals surface area contributed by atoms with Crippen LogP contribution in [-0.4, -0.2) is 26.0 Å². The predicted octanol–water partition coefficient (Wildman–Crippen LogP) is 4.16. The van der Waals surface area contributed by atoms with Crippen molar-refractivity contribution in [3.8, 4) is 5.75 Å². The minimum absolute atomic E-state index is 0.0805. The summed E-state index contributed by atoms with van der Waals surface area (Å²) in [5.41, 5.74) is 2.89. The highest BCUT2D eigenvalue weighted by molar-refractivity contribution is 5.93. The zero-order valence-electron chi connectivity index (χ0n) is 14.6. The van der Waals surface area contributed by atoms with E-state index in [1.165, 1.54) is 5.56 Å². The lowest BCUT2D eigenvalue weighted by molar-refractivity contribution is 0.0211. The Morgan fingerprint density at radius 3 is 2.72 bits per heavy atom. The van der Waals surface area contributed by atoms with Crippen LogP contribution in [0.15, 0.2) is 48.5 Å². The van der Waals surface area contributed by atoms with Crippen molar-refractivity contribution < 1.29 is 19.0 Å². The maximum absolute atomic E-state index is 12.3. The van der Waals surface area contributed by atoms with Gasteiger partial charge in [-0.15, -0.1) is 0 Å². The van der Waals surface area contributed by atoms with Crippen molar-refractivity contribution in [1.29, 1.82) is 0 Å². The van der Waals surface area contributed by atoms with Crippen LogP contribution in [0.2, 0.25) is 0 Å². The standard InChI is InChI=1S/C21H24O4/c1-23-15-24-20-13-7-12-18-19(20)14-17(25-21(18)22)11-6-5-10-16-8-3-2-4-9-16/h2-4,7-9,12-13,17H,5-6,10-11,14-15H2,1H3/t17-/m0/s1. The Morgan fingerprint density at radius 2 is 1.92 bits per heavy atom. The molecule has 1 atom stereocenters. The van der Waals surface area contributed by atoms with Gasteiger partial charge < -0.3 is 14.2 Å². The summed E-state index contributed by atoms with van der Waals surface area (Å²) in [5, 5.41) is 0. The summed E-state index contributed by atoms with van der Waals surface area (Å²) in [6.45, 7) is 0.174. The monoisotopic (exact) mass is 340 g/mol. The number of benzene rings is 2. The molecule has 3 rings (SSSR count). The average Bonchev–Trinajstić information content (AvgIpc) is 2.64. The molecule has 4 heteroatoms. The van der Waals surface area contributed by atoms with Gasteiger partial charge in [0, 0.05) is 19.1 Å². The molecule has 2 aromatic carbocycles. The van der Waals surface area contributed by atoms with E-state index in [1.54, 1.807) is 13.2 Å². The zero-order chi connectivity index (χ0) is 17.5. The van der Waals surface area contributed by atoms with E-state index in [1.807, 2.05) is 18.2 Å². The van der Waals surface area contributed by atoms with Gasteiger partial charge >= 0.3 is 5.97 Å². The smallest absolute Gasteiger partial charge is 0.338 e. The van der Waals surface area contributed by atoms with E-state index in [2.05, 4.69) is 24.3 Å². The van der Waals surface area contributed by atoms with Crippen molar-refractivity contribution in [1.82, 2.24) is 0 Å².